The normalized spacial score (nSPS) is 15.0. The molecule has 0 saturated heterocycles. The summed E-state index contributed by atoms with van der Waals surface area (Å²) in [6.07, 6.45) is 2.08. The van der Waals surface area contributed by atoms with Gasteiger partial charge in [-0.1, -0.05) is 60.2 Å². The standard InChI is InChI=1S/C26H22BrN3O/c1-18-8-6-10-19(16-18)25-24-14-7-15-29(24)23-13-5-2-9-20(23)17-30(25)26(31)28-22-12-4-3-11-21(22)27/h2-16,25H,17H2,1H3,(H,28,31)/t25-/m1/s1. The van der Waals surface area contributed by atoms with Crippen molar-refractivity contribution in [1.82, 2.24) is 9.47 Å². The predicted octanol–water partition coefficient (Wildman–Crippen LogP) is 6.69. The summed E-state index contributed by atoms with van der Waals surface area (Å²) in [5.41, 5.74) is 6.30. The molecule has 4 aromatic rings. The fourth-order valence-electron chi connectivity index (χ4n) is 4.28. The number of benzene rings is 3. The van der Waals surface area contributed by atoms with Crippen LogP contribution in [0.15, 0.2) is 95.6 Å². The lowest BCUT2D eigenvalue weighted by Crippen LogP contribution is -2.38. The van der Waals surface area contributed by atoms with Gasteiger partial charge >= 0.3 is 6.03 Å². The van der Waals surface area contributed by atoms with Gasteiger partial charge in [-0.2, -0.15) is 0 Å². The molecule has 0 bridgehead atoms. The van der Waals surface area contributed by atoms with E-state index in [4.69, 9.17) is 0 Å². The number of rotatable bonds is 2. The smallest absolute Gasteiger partial charge is 0.318 e. The number of aryl methyl sites for hydroxylation is 1. The van der Waals surface area contributed by atoms with Gasteiger partial charge in [-0.05, 0) is 64.3 Å². The second kappa shape index (κ2) is 8.08. The van der Waals surface area contributed by atoms with Crippen molar-refractivity contribution in [3.05, 3.63) is 118 Å². The zero-order valence-electron chi connectivity index (χ0n) is 17.1. The van der Waals surface area contributed by atoms with E-state index in [-0.39, 0.29) is 12.1 Å². The number of carbonyl (C=O) groups excluding carboxylic acids is 1. The number of halogens is 1. The Labute approximate surface area is 190 Å². The first-order valence-electron chi connectivity index (χ1n) is 10.3. The van der Waals surface area contributed by atoms with Crippen LogP contribution in [0, 0.1) is 6.92 Å². The molecule has 2 amide bonds. The third-order valence-electron chi connectivity index (χ3n) is 5.70. The predicted molar refractivity (Wildman–Crippen MR) is 127 cm³/mol. The number of carbonyl (C=O) groups is 1. The topological polar surface area (TPSA) is 37.3 Å². The summed E-state index contributed by atoms with van der Waals surface area (Å²) >= 11 is 3.54. The maximum atomic E-state index is 13.7. The third-order valence-corrected chi connectivity index (χ3v) is 6.39. The number of fused-ring (bicyclic) bond motifs is 3. The van der Waals surface area contributed by atoms with Crippen LogP contribution in [-0.4, -0.2) is 15.5 Å². The van der Waals surface area contributed by atoms with E-state index in [0.717, 1.165) is 32.7 Å². The van der Waals surface area contributed by atoms with Crippen LogP contribution >= 0.6 is 15.9 Å². The molecule has 5 heteroatoms. The Morgan fingerprint density at radius 2 is 1.77 bits per heavy atom. The second-order valence-corrected chi connectivity index (χ2v) is 8.64. The molecule has 2 heterocycles. The molecule has 1 N–H and O–H groups in total. The molecular weight excluding hydrogens is 450 g/mol. The van der Waals surface area contributed by atoms with Gasteiger partial charge in [0, 0.05) is 16.4 Å². The molecular formula is C26H22BrN3O. The molecule has 1 aromatic heterocycles. The first-order valence-corrected chi connectivity index (χ1v) is 11.1. The summed E-state index contributed by atoms with van der Waals surface area (Å²) in [4.78, 5) is 15.6. The number of urea groups is 1. The second-order valence-electron chi connectivity index (χ2n) is 7.79. The van der Waals surface area contributed by atoms with Crippen molar-refractivity contribution in [2.24, 2.45) is 0 Å². The molecule has 31 heavy (non-hydrogen) atoms. The molecule has 154 valence electrons. The lowest BCUT2D eigenvalue weighted by molar-refractivity contribution is 0.194. The van der Waals surface area contributed by atoms with Crippen LogP contribution in [0.2, 0.25) is 0 Å². The minimum absolute atomic E-state index is 0.136. The first kappa shape index (κ1) is 19.6. The number of hydrogen-bond acceptors (Lipinski definition) is 1. The highest BCUT2D eigenvalue weighted by atomic mass is 79.9. The largest absolute Gasteiger partial charge is 0.323 e. The summed E-state index contributed by atoms with van der Waals surface area (Å²) in [6.45, 7) is 2.59. The van der Waals surface area contributed by atoms with E-state index in [0.29, 0.717) is 6.54 Å². The van der Waals surface area contributed by atoms with Crippen molar-refractivity contribution >= 4 is 27.6 Å². The van der Waals surface area contributed by atoms with Crippen molar-refractivity contribution in [1.29, 1.82) is 0 Å². The van der Waals surface area contributed by atoms with Gasteiger partial charge in [-0.3, -0.25) is 0 Å². The van der Waals surface area contributed by atoms with Gasteiger partial charge < -0.3 is 14.8 Å². The van der Waals surface area contributed by atoms with Crippen LogP contribution in [0.1, 0.15) is 28.4 Å². The van der Waals surface area contributed by atoms with Crippen LogP contribution in [0.4, 0.5) is 10.5 Å². The SMILES string of the molecule is Cc1cccc([C@@H]2c3cccn3-c3ccccc3CN2C(=O)Nc2ccccc2Br)c1. The number of nitrogens with one attached hydrogen (secondary N) is 1. The molecule has 0 saturated carbocycles. The van der Waals surface area contributed by atoms with Gasteiger partial charge in [0.15, 0.2) is 0 Å². The summed E-state index contributed by atoms with van der Waals surface area (Å²) in [6, 6.07) is 28.2. The highest BCUT2D eigenvalue weighted by molar-refractivity contribution is 9.10. The molecule has 1 atom stereocenters. The molecule has 5 rings (SSSR count). The van der Waals surface area contributed by atoms with Gasteiger partial charge in [0.2, 0.25) is 0 Å². The molecule has 0 fully saturated rings. The third kappa shape index (κ3) is 3.66. The van der Waals surface area contributed by atoms with Crippen molar-refractivity contribution < 1.29 is 4.79 Å². The molecule has 0 aliphatic carbocycles. The van der Waals surface area contributed by atoms with Crippen LogP contribution in [0.3, 0.4) is 0 Å². The molecule has 1 aliphatic heterocycles. The number of anilines is 1. The van der Waals surface area contributed by atoms with Crippen molar-refractivity contribution in [3.63, 3.8) is 0 Å². The van der Waals surface area contributed by atoms with Crippen molar-refractivity contribution in [2.75, 3.05) is 5.32 Å². The Morgan fingerprint density at radius 3 is 2.61 bits per heavy atom. The number of hydrogen-bond donors (Lipinski definition) is 1. The fraction of sp³-hybridized carbons (Fsp3) is 0.115. The van der Waals surface area contributed by atoms with Crippen LogP contribution in [-0.2, 0) is 6.54 Å². The maximum Gasteiger partial charge on any atom is 0.323 e. The number of aromatic nitrogens is 1. The zero-order chi connectivity index (χ0) is 21.4. The Hall–Kier alpha value is -3.31. The highest BCUT2D eigenvalue weighted by Crippen LogP contribution is 2.37. The van der Waals surface area contributed by atoms with Crippen LogP contribution in [0.25, 0.3) is 5.69 Å². The minimum atomic E-state index is -0.218. The van der Waals surface area contributed by atoms with Crippen LogP contribution in [0.5, 0.6) is 0 Å². The highest BCUT2D eigenvalue weighted by Gasteiger charge is 2.33. The van der Waals surface area contributed by atoms with Crippen LogP contribution < -0.4 is 5.32 Å². The summed E-state index contributed by atoms with van der Waals surface area (Å²) in [5, 5.41) is 3.11. The molecule has 3 aromatic carbocycles. The van der Waals surface area contributed by atoms with E-state index < -0.39 is 0 Å². The Kier molecular flexibility index (Phi) is 5.12. The molecule has 0 radical (unpaired) electrons. The average molecular weight is 472 g/mol. The number of amides is 2. The van der Waals surface area contributed by atoms with E-state index in [1.54, 1.807) is 0 Å². The van der Waals surface area contributed by atoms with Gasteiger partial charge in [0.05, 0.1) is 24.0 Å². The van der Waals surface area contributed by atoms with E-state index in [1.807, 2.05) is 47.4 Å². The first-order chi connectivity index (χ1) is 15.1. The molecule has 0 unspecified atom stereocenters. The molecule has 1 aliphatic rings. The summed E-state index contributed by atoms with van der Waals surface area (Å²) in [5.74, 6) is 0. The lowest BCUT2D eigenvalue weighted by atomic mass is 10.00. The number of para-hydroxylation sites is 2. The fourth-order valence-corrected chi connectivity index (χ4v) is 4.66. The van der Waals surface area contributed by atoms with E-state index >= 15 is 0 Å². The maximum absolute atomic E-state index is 13.7. The van der Waals surface area contributed by atoms with Gasteiger partial charge in [0.1, 0.15) is 0 Å². The lowest BCUT2D eigenvalue weighted by Gasteiger charge is -2.31. The minimum Gasteiger partial charge on any atom is -0.318 e. The quantitative estimate of drug-likeness (QED) is 0.347. The van der Waals surface area contributed by atoms with E-state index in [1.165, 1.54) is 5.56 Å². The Balaban J connectivity index is 1.65. The van der Waals surface area contributed by atoms with E-state index in [9.17, 15) is 4.79 Å². The summed E-state index contributed by atoms with van der Waals surface area (Å²) in [7, 11) is 0. The molecule has 0 spiro atoms. The zero-order valence-corrected chi connectivity index (χ0v) is 18.7. The van der Waals surface area contributed by atoms with Gasteiger partial charge in [-0.15, -0.1) is 0 Å². The van der Waals surface area contributed by atoms with Crippen molar-refractivity contribution in [2.45, 2.75) is 19.5 Å². The van der Waals surface area contributed by atoms with Gasteiger partial charge in [0.25, 0.3) is 0 Å². The Bertz CT molecular complexity index is 1260. The Morgan fingerprint density at radius 1 is 0.968 bits per heavy atom. The molecule has 4 nitrogen and oxygen atoms in total. The monoisotopic (exact) mass is 471 g/mol. The average Bonchev–Trinajstić information content (AvgIpc) is 3.19. The van der Waals surface area contributed by atoms with E-state index in [2.05, 4.69) is 81.4 Å². The number of nitrogens with zero attached hydrogens (tertiary/aromatic N) is 2. The van der Waals surface area contributed by atoms with Gasteiger partial charge in [-0.25, -0.2) is 4.79 Å². The summed E-state index contributed by atoms with van der Waals surface area (Å²) < 4.78 is 3.06. The van der Waals surface area contributed by atoms with Crippen molar-refractivity contribution in [3.8, 4) is 5.69 Å².